The molecular weight excluding hydrogens is 334 g/mol. The summed E-state index contributed by atoms with van der Waals surface area (Å²) >= 11 is 0. The number of carbonyl (C=O) groups is 2. The molecule has 1 aromatic rings. The number of rotatable bonds is 7. The van der Waals surface area contributed by atoms with Gasteiger partial charge in [0.05, 0.1) is 32.5 Å². The van der Waals surface area contributed by atoms with Gasteiger partial charge in [0.15, 0.2) is 0 Å². The van der Waals surface area contributed by atoms with Crippen LogP contribution in [0.4, 0.5) is 0 Å². The molecule has 0 saturated heterocycles. The summed E-state index contributed by atoms with van der Waals surface area (Å²) < 4.78 is 15.5. The van der Waals surface area contributed by atoms with Crippen molar-refractivity contribution < 1.29 is 23.8 Å². The SMILES string of the molecule is CCCCN1C(=O)/C(=C\c2cc(OC)ccc2OC)C(C(=O)OC)=C1C. The summed E-state index contributed by atoms with van der Waals surface area (Å²) in [5, 5.41) is 0. The van der Waals surface area contributed by atoms with E-state index in [9.17, 15) is 9.59 Å². The van der Waals surface area contributed by atoms with E-state index in [-0.39, 0.29) is 5.91 Å². The Morgan fingerprint density at radius 3 is 2.50 bits per heavy atom. The van der Waals surface area contributed by atoms with Crippen molar-refractivity contribution in [1.29, 1.82) is 0 Å². The Balaban J connectivity index is 2.57. The van der Waals surface area contributed by atoms with E-state index < -0.39 is 5.97 Å². The maximum Gasteiger partial charge on any atom is 0.340 e. The van der Waals surface area contributed by atoms with Gasteiger partial charge in [0.2, 0.25) is 0 Å². The van der Waals surface area contributed by atoms with Crippen molar-refractivity contribution in [2.75, 3.05) is 27.9 Å². The molecule has 0 fully saturated rings. The predicted octanol–water partition coefficient (Wildman–Crippen LogP) is 3.18. The van der Waals surface area contributed by atoms with Gasteiger partial charge in [-0.2, -0.15) is 0 Å². The molecule has 1 heterocycles. The Bertz CT molecular complexity index is 763. The van der Waals surface area contributed by atoms with E-state index >= 15 is 0 Å². The molecule has 0 aromatic heterocycles. The van der Waals surface area contributed by atoms with Gasteiger partial charge in [0.1, 0.15) is 11.5 Å². The quantitative estimate of drug-likeness (QED) is 0.553. The highest BCUT2D eigenvalue weighted by Crippen LogP contribution is 2.34. The summed E-state index contributed by atoms with van der Waals surface area (Å²) in [5.41, 5.74) is 1.86. The topological polar surface area (TPSA) is 65.1 Å². The second kappa shape index (κ2) is 8.56. The summed E-state index contributed by atoms with van der Waals surface area (Å²) in [7, 11) is 4.43. The lowest BCUT2D eigenvalue weighted by molar-refractivity contribution is -0.136. The number of nitrogens with zero attached hydrogens (tertiary/aromatic N) is 1. The number of hydrogen-bond donors (Lipinski definition) is 0. The molecule has 0 bridgehead atoms. The zero-order valence-corrected chi connectivity index (χ0v) is 15.9. The van der Waals surface area contributed by atoms with Crippen LogP contribution in [0.25, 0.3) is 6.08 Å². The van der Waals surface area contributed by atoms with Gasteiger partial charge in [-0.05, 0) is 37.6 Å². The minimum absolute atomic E-state index is 0.207. The largest absolute Gasteiger partial charge is 0.497 e. The molecule has 0 atom stereocenters. The van der Waals surface area contributed by atoms with Gasteiger partial charge in [0, 0.05) is 17.8 Å². The molecule has 6 nitrogen and oxygen atoms in total. The van der Waals surface area contributed by atoms with Crippen LogP contribution in [-0.4, -0.2) is 44.7 Å². The molecule has 0 saturated carbocycles. The van der Waals surface area contributed by atoms with Crippen molar-refractivity contribution in [1.82, 2.24) is 4.90 Å². The standard InChI is InChI=1S/C20H25NO5/c1-6-7-10-21-13(2)18(20(23)26-5)16(19(21)22)12-14-11-15(24-3)8-9-17(14)25-4/h8-9,11-12H,6-7,10H2,1-5H3/b16-12-. The Morgan fingerprint density at radius 1 is 1.19 bits per heavy atom. The second-order valence-corrected chi connectivity index (χ2v) is 5.93. The minimum atomic E-state index is -0.525. The maximum atomic E-state index is 12.9. The van der Waals surface area contributed by atoms with Crippen LogP contribution >= 0.6 is 0 Å². The van der Waals surface area contributed by atoms with Crippen molar-refractivity contribution in [3.63, 3.8) is 0 Å². The number of unbranched alkanes of at least 4 members (excludes halogenated alkanes) is 1. The van der Waals surface area contributed by atoms with Crippen LogP contribution in [0.2, 0.25) is 0 Å². The molecule has 1 amide bonds. The molecule has 0 radical (unpaired) electrons. The lowest BCUT2D eigenvalue weighted by Crippen LogP contribution is -2.26. The highest BCUT2D eigenvalue weighted by Gasteiger charge is 2.36. The van der Waals surface area contributed by atoms with Crippen molar-refractivity contribution in [3.05, 3.63) is 40.6 Å². The van der Waals surface area contributed by atoms with Crippen LogP contribution < -0.4 is 9.47 Å². The second-order valence-electron chi connectivity index (χ2n) is 5.93. The Kier molecular flexibility index (Phi) is 6.44. The summed E-state index contributed by atoms with van der Waals surface area (Å²) in [4.78, 5) is 26.9. The van der Waals surface area contributed by atoms with Gasteiger partial charge in [0.25, 0.3) is 5.91 Å². The average molecular weight is 359 g/mol. The molecule has 26 heavy (non-hydrogen) atoms. The Hall–Kier alpha value is -2.76. The van der Waals surface area contributed by atoms with Crippen LogP contribution in [0.15, 0.2) is 35.0 Å². The molecule has 1 aliphatic rings. The maximum absolute atomic E-state index is 12.9. The molecule has 1 aromatic carbocycles. The average Bonchev–Trinajstić information content (AvgIpc) is 2.89. The van der Waals surface area contributed by atoms with E-state index in [1.165, 1.54) is 7.11 Å². The number of carbonyl (C=O) groups excluding carboxylic acids is 2. The monoisotopic (exact) mass is 359 g/mol. The van der Waals surface area contributed by atoms with E-state index in [2.05, 4.69) is 6.92 Å². The van der Waals surface area contributed by atoms with Gasteiger partial charge < -0.3 is 19.1 Å². The smallest absolute Gasteiger partial charge is 0.340 e. The first-order valence-electron chi connectivity index (χ1n) is 8.53. The van der Waals surface area contributed by atoms with E-state index in [1.807, 2.05) is 0 Å². The summed E-state index contributed by atoms with van der Waals surface area (Å²) in [6.45, 7) is 4.39. The first kappa shape index (κ1) is 19.6. The fourth-order valence-corrected chi connectivity index (χ4v) is 2.92. The minimum Gasteiger partial charge on any atom is -0.497 e. The third kappa shape index (κ3) is 3.74. The van der Waals surface area contributed by atoms with Gasteiger partial charge in [-0.25, -0.2) is 4.79 Å². The fourth-order valence-electron chi connectivity index (χ4n) is 2.92. The van der Waals surface area contributed by atoms with Crippen molar-refractivity contribution in [2.45, 2.75) is 26.7 Å². The van der Waals surface area contributed by atoms with Crippen LogP contribution in [0.1, 0.15) is 32.3 Å². The lowest BCUT2D eigenvalue weighted by atomic mass is 10.0. The van der Waals surface area contributed by atoms with Gasteiger partial charge >= 0.3 is 5.97 Å². The number of amides is 1. The normalized spacial score (nSPS) is 15.7. The molecule has 0 aliphatic carbocycles. The third-order valence-corrected chi connectivity index (χ3v) is 4.37. The first-order chi connectivity index (χ1) is 12.5. The van der Waals surface area contributed by atoms with E-state index in [1.54, 1.807) is 50.3 Å². The number of ether oxygens (including phenoxy) is 3. The van der Waals surface area contributed by atoms with Crippen LogP contribution in [0.3, 0.4) is 0 Å². The van der Waals surface area contributed by atoms with E-state index in [0.29, 0.717) is 40.5 Å². The Morgan fingerprint density at radius 2 is 1.92 bits per heavy atom. The summed E-state index contributed by atoms with van der Waals surface area (Å²) in [6, 6.07) is 5.29. The highest BCUT2D eigenvalue weighted by atomic mass is 16.5. The zero-order chi connectivity index (χ0) is 19.3. The van der Waals surface area contributed by atoms with Crippen LogP contribution in [0.5, 0.6) is 11.5 Å². The third-order valence-electron chi connectivity index (χ3n) is 4.37. The summed E-state index contributed by atoms with van der Waals surface area (Å²) in [5.74, 6) is 0.482. The molecule has 0 spiro atoms. The predicted molar refractivity (Wildman–Crippen MR) is 98.9 cm³/mol. The van der Waals surface area contributed by atoms with Crippen LogP contribution in [-0.2, 0) is 14.3 Å². The zero-order valence-electron chi connectivity index (χ0n) is 15.9. The fraction of sp³-hybridized carbons (Fsp3) is 0.400. The van der Waals surface area contributed by atoms with Crippen molar-refractivity contribution in [3.8, 4) is 11.5 Å². The van der Waals surface area contributed by atoms with Gasteiger partial charge in [-0.15, -0.1) is 0 Å². The first-order valence-corrected chi connectivity index (χ1v) is 8.53. The molecule has 2 rings (SSSR count). The van der Waals surface area contributed by atoms with Gasteiger partial charge in [-0.1, -0.05) is 13.3 Å². The van der Waals surface area contributed by atoms with E-state index in [0.717, 1.165) is 12.8 Å². The highest BCUT2D eigenvalue weighted by molar-refractivity contribution is 6.16. The number of methoxy groups -OCH3 is 3. The molecule has 0 N–H and O–H groups in total. The van der Waals surface area contributed by atoms with E-state index in [4.69, 9.17) is 14.2 Å². The molecule has 140 valence electrons. The summed E-state index contributed by atoms with van der Waals surface area (Å²) in [6.07, 6.45) is 3.46. The Labute approximate surface area is 154 Å². The molecule has 6 heteroatoms. The molecular formula is C20H25NO5. The van der Waals surface area contributed by atoms with Crippen molar-refractivity contribution >= 4 is 18.0 Å². The number of hydrogen-bond acceptors (Lipinski definition) is 5. The molecule has 0 unspecified atom stereocenters. The molecule has 1 aliphatic heterocycles. The lowest BCUT2D eigenvalue weighted by Gasteiger charge is -2.17. The number of esters is 1. The number of benzene rings is 1. The van der Waals surface area contributed by atoms with Gasteiger partial charge in [-0.3, -0.25) is 4.79 Å². The number of allylic oxidation sites excluding steroid dienone is 1. The van der Waals surface area contributed by atoms with Crippen LogP contribution in [0, 0.1) is 0 Å². The van der Waals surface area contributed by atoms with Crippen molar-refractivity contribution in [2.24, 2.45) is 0 Å².